The second-order valence-electron chi connectivity index (χ2n) is 4.98. The second kappa shape index (κ2) is 6.49. The number of benzene rings is 1. The lowest BCUT2D eigenvalue weighted by Gasteiger charge is -2.17. The summed E-state index contributed by atoms with van der Waals surface area (Å²) in [5.74, 6) is 0. The van der Waals surface area contributed by atoms with Gasteiger partial charge in [0.15, 0.2) is 9.84 Å². The highest BCUT2D eigenvalue weighted by atomic mass is 32.2. The van der Waals surface area contributed by atoms with Crippen molar-refractivity contribution in [3.63, 3.8) is 0 Å². The van der Waals surface area contributed by atoms with Crippen LogP contribution in [-0.4, -0.2) is 29.6 Å². The summed E-state index contributed by atoms with van der Waals surface area (Å²) in [5, 5.41) is 0.831. The largest absolute Gasteiger partial charge is 0.223 e. The van der Waals surface area contributed by atoms with Gasteiger partial charge < -0.3 is 0 Å². The van der Waals surface area contributed by atoms with Crippen molar-refractivity contribution in [1.82, 2.24) is 4.72 Å². The molecule has 1 heterocycles. The molecular weight excluding hydrogens is 342 g/mol. The molecule has 0 spiro atoms. The first-order chi connectivity index (χ1) is 10.2. The molecular formula is C14H17NO4S3. The normalized spacial score (nSPS) is 13.9. The fraction of sp³-hybridized carbons (Fsp3) is 0.286. The Kier molecular flexibility index (Phi) is 5.06. The predicted octanol–water partition coefficient (Wildman–Crippen LogP) is 2.12. The van der Waals surface area contributed by atoms with E-state index in [1.54, 1.807) is 41.8 Å². The molecule has 5 nitrogen and oxygen atoms in total. The van der Waals surface area contributed by atoms with E-state index in [9.17, 15) is 16.8 Å². The van der Waals surface area contributed by atoms with Crippen LogP contribution in [-0.2, 0) is 19.9 Å². The Labute approximate surface area is 135 Å². The van der Waals surface area contributed by atoms with E-state index >= 15 is 0 Å². The zero-order valence-electron chi connectivity index (χ0n) is 12.2. The van der Waals surface area contributed by atoms with Gasteiger partial charge in [-0.1, -0.05) is 23.8 Å². The number of rotatable bonds is 6. The summed E-state index contributed by atoms with van der Waals surface area (Å²) < 4.78 is 50.6. The van der Waals surface area contributed by atoms with Gasteiger partial charge in [-0.15, -0.1) is 11.3 Å². The Morgan fingerprint density at radius 1 is 1.09 bits per heavy atom. The predicted molar refractivity (Wildman–Crippen MR) is 88.3 cm³/mol. The molecule has 0 unspecified atom stereocenters. The van der Waals surface area contributed by atoms with Crippen LogP contribution in [0.25, 0.3) is 0 Å². The molecule has 1 aromatic carbocycles. The van der Waals surface area contributed by atoms with Crippen LogP contribution < -0.4 is 4.72 Å². The van der Waals surface area contributed by atoms with E-state index in [-0.39, 0.29) is 11.4 Å². The zero-order valence-corrected chi connectivity index (χ0v) is 14.6. The molecule has 0 aliphatic carbocycles. The highest BCUT2D eigenvalue weighted by molar-refractivity contribution is 7.92. The van der Waals surface area contributed by atoms with Gasteiger partial charge in [0.1, 0.15) is 5.25 Å². The third kappa shape index (κ3) is 4.16. The second-order valence-corrected chi connectivity index (χ2v) is 9.93. The van der Waals surface area contributed by atoms with Crippen LogP contribution >= 0.6 is 11.3 Å². The maximum Gasteiger partial charge on any atom is 0.208 e. The standard InChI is InChI=1S/C14H17NO4S3/c1-11-5-7-12(8-6-11)22(18,19)14(10-15-21(2,16)17)13-4-3-9-20-13/h3-9,14-15H,10H2,1-2H3/t14-/m0/s1. The highest BCUT2D eigenvalue weighted by Gasteiger charge is 2.30. The highest BCUT2D eigenvalue weighted by Crippen LogP contribution is 2.31. The van der Waals surface area contributed by atoms with Crippen molar-refractivity contribution < 1.29 is 16.8 Å². The van der Waals surface area contributed by atoms with Gasteiger partial charge in [0.25, 0.3) is 0 Å². The molecule has 2 rings (SSSR count). The van der Waals surface area contributed by atoms with E-state index in [2.05, 4.69) is 4.72 Å². The van der Waals surface area contributed by atoms with Gasteiger partial charge in [-0.05, 0) is 30.5 Å². The number of nitrogens with one attached hydrogen (secondary N) is 1. The number of hydrogen-bond acceptors (Lipinski definition) is 5. The Morgan fingerprint density at radius 2 is 1.73 bits per heavy atom. The maximum absolute atomic E-state index is 12.8. The summed E-state index contributed by atoms with van der Waals surface area (Å²) in [6, 6.07) is 9.99. The molecule has 2 aromatic rings. The van der Waals surface area contributed by atoms with E-state index in [1.165, 1.54) is 11.3 Å². The minimum absolute atomic E-state index is 0.185. The molecule has 0 aliphatic rings. The van der Waals surface area contributed by atoms with E-state index in [4.69, 9.17) is 0 Å². The van der Waals surface area contributed by atoms with Crippen molar-refractivity contribution in [3.8, 4) is 0 Å². The first-order valence-corrected chi connectivity index (χ1v) is 10.8. The molecule has 1 N–H and O–H groups in total. The molecule has 22 heavy (non-hydrogen) atoms. The van der Waals surface area contributed by atoms with E-state index in [0.717, 1.165) is 11.8 Å². The quantitative estimate of drug-likeness (QED) is 0.857. The van der Waals surface area contributed by atoms with Crippen LogP contribution in [0.3, 0.4) is 0 Å². The minimum atomic E-state index is -3.68. The first-order valence-electron chi connectivity index (χ1n) is 6.49. The zero-order chi connectivity index (χ0) is 16.4. The Hall–Kier alpha value is -1.22. The number of sulfone groups is 1. The van der Waals surface area contributed by atoms with Gasteiger partial charge in [-0.25, -0.2) is 21.6 Å². The van der Waals surface area contributed by atoms with Crippen LogP contribution in [0.1, 0.15) is 15.7 Å². The Morgan fingerprint density at radius 3 is 2.23 bits per heavy atom. The molecule has 0 amide bonds. The lowest BCUT2D eigenvalue weighted by atomic mass is 10.2. The minimum Gasteiger partial charge on any atom is -0.223 e. The molecule has 1 aromatic heterocycles. The van der Waals surface area contributed by atoms with Gasteiger partial charge in [0, 0.05) is 11.4 Å². The van der Waals surface area contributed by atoms with E-state index in [1.807, 2.05) is 6.92 Å². The topological polar surface area (TPSA) is 80.3 Å². The van der Waals surface area contributed by atoms with Crippen molar-refractivity contribution in [3.05, 3.63) is 52.2 Å². The van der Waals surface area contributed by atoms with Crippen molar-refractivity contribution in [2.24, 2.45) is 0 Å². The summed E-state index contributed by atoms with van der Waals surface area (Å²) in [6.45, 7) is 1.69. The fourth-order valence-corrected chi connectivity index (χ4v) is 5.32. The monoisotopic (exact) mass is 359 g/mol. The molecule has 1 atom stereocenters. The van der Waals surface area contributed by atoms with Crippen LogP contribution in [0.5, 0.6) is 0 Å². The van der Waals surface area contributed by atoms with Crippen molar-refractivity contribution >= 4 is 31.2 Å². The molecule has 120 valence electrons. The van der Waals surface area contributed by atoms with Gasteiger partial charge in [-0.3, -0.25) is 0 Å². The fourth-order valence-electron chi connectivity index (χ4n) is 1.96. The molecule has 0 saturated heterocycles. The van der Waals surface area contributed by atoms with Crippen molar-refractivity contribution in [2.75, 3.05) is 12.8 Å². The maximum atomic E-state index is 12.8. The number of hydrogen-bond donors (Lipinski definition) is 1. The Balaban J connectivity index is 2.41. The van der Waals surface area contributed by atoms with Crippen molar-refractivity contribution in [2.45, 2.75) is 17.1 Å². The van der Waals surface area contributed by atoms with E-state index in [0.29, 0.717) is 4.88 Å². The summed E-state index contributed by atoms with van der Waals surface area (Å²) in [6.07, 6.45) is 1.01. The lowest BCUT2D eigenvalue weighted by molar-refractivity contribution is 0.572. The van der Waals surface area contributed by atoms with Crippen molar-refractivity contribution in [1.29, 1.82) is 0 Å². The molecule has 0 fully saturated rings. The molecule has 0 aliphatic heterocycles. The van der Waals surface area contributed by atoms with E-state index < -0.39 is 25.1 Å². The molecule has 0 saturated carbocycles. The molecule has 8 heteroatoms. The summed E-state index contributed by atoms with van der Waals surface area (Å²) in [5.41, 5.74) is 0.959. The number of thiophene rings is 1. The average molecular weight is 359 g/mol. The van der Waals surface area contributed by atoms with Crippen LogP contribution in [0, 0.1) is 6.92 Å². The molecule has 0 bridgehead atoms. The summed E-state index contributed by atoms with van der Waals surface area (Å²) >= 11 is 1.29. The lowest BCUT2D eigenvalue weighted by Crippen LogP contribution is -2.30. The van der Waals surface area contributed by atoms with Gasteiger partial charge in [0.05, 0.1) is 11.2 Å². The van der Waals surface area contributed by atoms with Gasteiger partial charge >= 0.3 is 0 Å². The Bertz CT molecular complexity index is 823. The van der Waals surface area contributed by atoms with Crippen LogP contribution in [0.2, 0.25) is 0 Å². The third-order valence-electron chi connectivity index (χ3n) is 3.12. The smallest absolute Gasteiger partial charge is 0.208 e. The summed E-state index contributed by atoms with van der Waals surface area (Å²) in [4.78, 5) is 0.795. The SMILES string of the molecule is Cc1ccc(S(=O)(=O)[C@@H](CNS(C)(=O)=O)c2cccs2)cc1. The van der Waals surface area contributed by atoms with Gasteiger partial charge in [0.2, 0.25) is 10.0 Å². The van der Waals surface area contributed by atoms with Crippen LogP contribution in [0.15, 0.2) is 46.7 Å². The summed E-state index contributed by atoms with van der Waals surface area (Å²) in [7, 11) is -7.15. The van der Waals surface area contributed by atoms with Crippen LogP contribution in [0.4, 0.5) is 0 Å². The first kappa shape index (κ1) is 17.1. The van der Waals surface area contributed by atoms with Gasteiger partial charge in [-0.2, -0.15) is 0 Å². The third-order valence-corrected chi connectivity index (χ3v) is 7.04. The number of aryl methyl sites for hydroxylation is 1. The molecule has 0 radical (unpaired) electrons. The number of sulfonamides is 1. The average Bonchev–Trinajstić information content (AvgIpc) is 2.91.